The molecule has 4 rings (SSSR count). The predicted molar refractivity (Wildman–Crippen MR) is 109 cm³/mol. The maximum atomic E-state index is 12.1. The van der Waals surface area contributed by atoms with Crippen LogP contribution < -0.4 is 5.32 Å². The summed E-state index contributed by atoms with van der Waals surface area (Å²) in [4.78, 5) is 12.1. The molecule has 0 spiro atoms. The number of esters is 1. The zero-order valence-corrected chi connectivity index (χ0v) is 15.4. The minimum Gasteiger partial charge on any atom is -0.465 e. The van der Waals surface area contributed by atoms with Gasteiger partial charge in [0.15, 0.2) is 0 Å². The van der Waals surface area contributed by atoms with E-state index in [-0.39, 0.29) is 0 Å². The van der Waals surface area contributed by atoms with Crippen LogP contribution in [0, 0.1) is 0 Å². The number of aromatic nitrogens is 1. The second-order valence-electron chi connectivity index (χ2n) is 6.07. The van der Waals surface area contributed by atoms with E-state index in [2.05, 4.69) is 34.1 Å². The highest BCUT2D eigenvalue weighted by atomic mass is 35.5. The van der Waals surface area contributed by atoms with E-state index in [9.17, 15) is 4.79 Å². The molecule has 0 radical (unpaired) electrons. The summed E-state index contributed by atoms with van der Waals surface area (Å²) in [5, 5.41) is 4.88. The second kappa shape index (κ2) is 7.17. The van der Waals surface area contributed by atoms with Crippen LogP contribution in [0.4, 0.5) is 11.4 Å². The molecular formula is C22H17ClN2O2. The lowest BCUT2D eigenvalue weighted by atomic mass is 10.1. The van der Waals surface area contributed by atoms with E-state index in [1.165, 1.54) is 7.11 Å². The SMILES string of the molecule is COC(=O)c1cc(Cl)ccc1Nc1cccc2c1ccn2-c1ccccc1. The summed E-state index contributed by atoms with van der Waals surface area (Å²) in [6.45, 7) is 0. The van der Waals surface area contributed by atoms with Gasteiger partial charge in [0.05, 0.1) is 23.9 Å². The zero-order valence-electron chi connectivity index (χ0n) is 14.6. The molecule has 1 heterocycles. The first-order valence-corrected chi connectivity index (χ1v) is 8.85. The van der Waals surface area contributed by atoms with Crippen molar-refractivity contribution in [1.29, 1.82) is 0 Å². The van der Waals surface area contributed by atoms with Gasteiger partial charge < -0.3 is 14.6 Å². The topological polar surface area (TPSA) is 43.3 Å². The number of rotatable bonds is 4. The van der Waals surface area contributed by atoms with Gasteiger partial charge in [-0.1, -0.05) is 35.9 Å². The molecule has 1 aromatic heterocycles. The molecule has 0 saturated carbocycles. The van der Waals surface area contributed by atoms with Crippen molar-refractivity contribution in [3.63, 3.8) is 0 Å². The van der Waals surface area contributed by atoms with Gasteiger partial charge in [0.2, 0.25) is 0 Å². The van der Waals surface area contributed by atoms with Crippen LogP contribution in [-0.4, -0.2) is 17.6 Å². The lowest BCUT2D eigenvalue weighted by molar-refractivity contribution is 0.0602. The maximum Gasteiger partial charge on any atom is 0.340 e. The first-order chi connectivity index (χ1) is 13.2. The first kappa shape index (κ1) is 17.2. The summed E-state index contributed by atoms with van der Waals surface area (Å²) < 4.78 is 7.01. The van der Waals surface area contributed by atoms with Crippen molar-refractivity contribution in [3.8, 4) is 5.69 Å². The Morgan fingerprint density at radius 2 is 1.78 bits per heavy atom. The Kier molecular flexibility index (Phi) is 4.57. The van der Waals surface area contributed by atoms with E-state index in [1.54, 1.807) is 18.2 Å². The molecule has 1 N–H and O–H groups in total. The monoisotopic (exact) mass is 376 g/mol. The van der Waals surface area contributed by atoms with Crippen molar-refractivity contribution >= 4 is 39.8 Å². The average Bonchev–Trinajstić information content (AvgIpc) is 3.14. The third-order valence-electron chi connectivity index (χ3n) is 4.42. The summed E-state index contributed by atoms with van der Waals surface area (Å²) in [7, 11) is 1.35. The molecule has 0 aliphatic carbocycles. The number of nitrogens with zero attached hydrogens (tertiary/aromatic N) is 1. The summed E-state index contributed by atoms with van der Waals surface area (Å²) in [5.74, 6) is -0.436. The fourth-order valence-electron chi connectivity index (χ4n) is 3.14. The van der Waals surface area contributed by atoms with E-state index >= 15 is 0 Å². The Morgan fingerprint density at radius 1 is 0.963 bits per heavy atom. The number of para-hydroxylation sites is 1. The van der Waals surface area contributed by atoms with Gasteiger partial charge in [-0.3, -0.25) is 0 Å². The van der Waals surface area contributed by atoms with Gasteiger partial charge >= 0.3 is 5.97 Å². The minimum absolute atomic E-state index is 0.393. The highest BCUT2D eigenvalue weighted by molar-refractivity contribution is 6.31. The molecule has 0 amide bonds. The normalized spacial score (nSPS) is 10.7. The highest BCUT2D eigenvalue weighted by Gasteiger charge is 2.14. The van der Waals surface area contributed by atoms with E-state index in [0.717, 1.165) is 22.3 Å². The molecule has 0 fully saturated rings. The molecule has 0 bridgehead atoms. The van der Waals surface area contributed by atoms with E-state index in [0.29, 0.717) is 16.3 Å². The number of carbonyl (C=O) groups excluding carboxylic acids is 1. The molecule has 0 atom stereocenters. The molecule has 4 aromatic rings. The standard InChI is InChI=1S/C22H17ClN2O2/c1-27-22(26)18-14-15(23)10-11-20(18)24-19-8-5-9-21-17(19)12-13-25(21)16-6-3-2-4-7-16/h2-14,24H,1H3. The molecule has 27 heavy (non-hydrogen) atoms. The third-order valence-corrected chi connectivity index (χ3v) is 4.66. The molecule has 0 unspecified atom stereocenters. The lowest BCUT2D eigenvalue weighted by Gasteiger charge is -2.13. The number of nitrogens with one attached hydrogen (secondary N) is 1. The highest BCUT2D eigenvalue weighted by Crippen LogP contribution is 2.31. The summed E-state index contributed by atoms with van der Waals surface area (Å²) in [5.41, 5.74) is 4.09. The largest absolute Gasteiger partial charge is 0.465 e. The molecule has 0 saturated heterocycles. The van der Waals surface area contributed by atoms with Crippen molar-refractivity contribution in [2.45, 2.75) is 0 Å². The third kappa shape index (κ3) is 3.27. The van der Waals surface area contributed by atoms with Crippen molar-refractivity contribution in [2.75, 3.05) is 12.4 Å². The second-order valence-corrected chi connectivity index (χ2v) is 6.50. The number of hydrogen-bond donors (Lipinski definition) is 1. The van der Waals surface area contributed by atoms with Crippen LogP contribution in [0.3, 0.4) is 0 Å². The molecule has 4 nitrogen and oxygen atoms in total. The number of carbonyl (C=O) groups is 1. The lowest BCUT2D eigenvalue weighted by Crippen LogP contribution is -2.05. The van der Waals surface area contributed by atoms with Crippen molar-refractivity contribution in [3.05, 3.63) is 89.6 Å². The molecule has 0 aliphatic heterocycles. The molecular weight excluding hydrogens is 360 g/mol. The van der Waals surface area contributed by atoms with Crippen LogP contribution in [0.1, 0.15) is 10.4 Å². The number of ether oxygens (including phenoxy) is 1. The number of halogens is 1. The van der Waals surface area contributed by atoms with Crippen molar-refractivity contribution < 1.29 is 9.53 Å². The Balaban J connectivity index is 1.78. The predicted octanol–water partition coefficient (Wildman–Crippen LogP) is 5.81. The van der Waals surface area contributed by atoms with Crippen LogP contribution >= 0.6 is 11.6 Å². The first-order valence-electron chi connectivity index (χ1n) is 8.48. The fourth-order valence-corrected chi connectivity index (χ4v) is 3.31. The average molecular weight is 377 g/mol. The number of hydrogen-bond acceptors (Lipinski definition) is 3. The maximum absolute atomic E-state index is 12.1. The smallest absolute Gasteiger partial charge is 0.340 e. The van der Waals surface area contributed by atoms with Crippen LogP contribution in [0.5, 0.6) is 0 Å². The minimum atomic E-state index is -0.436. The van der Waals surface area contributed by atoms with Gasteiger partial charge in [0.1, 0.15) is 0 Å². The quantitative estimate of drug-likeness (QED) is 0.457. The summed E-state index contributed by atoms with van der Waals surface area (Å²) >= 11 is 6.05. The van der Waals surface area contributed by atoms with Gasteiger partial charge in [-0.05, 0) is 48.5 Å². The number of benzene rings is 3. The Morgan fingerprint density at radius 3 is 2.56 bits per heavy atom. The summed E-state index contributed by atoms with van der Waals surface area (Å²) in [6, 6.07) is 23.4. The number of fused-ring (bicyclic) bond motifs is 1. The number of anilines is 2. The van der Waals surface area contributed by atoms with Gasteiger partial charge in [-0.2, -0.15) is 0 Å². The van der Waals surface area contributed by atoms with Crippen LogP contribution in [0.15, 0.2) is 79.0 Å². The molecule has 3 aromatic carbocycles. The molecule has 5 heteroatoms. The van der Waals surface area contributed by atoms with Gasteiger partial charge in [-0.15, -0.1) is 0 Å². The van der Waals surface area contributed by atoms with Gasteiger partial charge in [0, 0.05) is 28.0 Å². The molecule has 134 valence electrons. The zero-order chi connectivity index (χ0) is 18.8. The Labute approximate surface area is 162 Å². The summed E-state index contributed by atoms with van der Waals surface area (Å²) in [6.07, 6.45) is 2.04. The Hall–Kier alpha value is -3.24. The van der Waals surface area contributed by atoms with Gasteiger partial charge in [-0.25, -0.2) is 4.79 Å². The number of methoxy groups -OCH3 is 1. The van der Waals surface area contributed by atoms with E-state index in [1.807, 2.05) is 36.5 Å². The fraction of sp³-hybridized carbons (Fsp3) is 0.0455. The molecule has 0 aliphatic rings. The van der Waals surface area contributed by atoms with Gasteiger partial charge in [0.25, 0.3) is 0 Å². The van der Waals surface area contributed by atoms with E-state index < -0.39 is 5.97 Å². The van der Waals surface area contributed by atoms with Crippen LogP contribution in [0.25, 0.3) is 16.6 Å². The van der Waals surface area contributed by atoms with Crippen LogP contribution in [-0.2, 0) is 4.74 Å². The van der Waals surface area contributed by atoms with E-state index in [4.69, 9.17) is 16.3 Å². The van der Waals surface area contributed by atoms with Crippen LogP contribution in [0.2, 0.25) is 5.02 Å². The van der Waals surface area contributed by atoms with Crippen molar-refractivity contribution in [2.24, 2.45) is 0 Å². The Bertz CT molecular complexity index is 1120. The van der Waals surface area contributed by atoms with Crippen molar-refractivity contribution in [1.82, 2.24) is 4.57 Å².